The van der Waals surface area contributed by atoms with Crippen LogP contribution in [-0.2, 0) is 26.3 Å². The van der Waals surface area contributed by atoms with Gasteiger partial charge in [0.1, 0.15) is 17.7 Å². The molecule has 34 heavy (non-hydrogen) atoms. The Labute approximate surface area is 199 Å². The summed E-state index contributed by atoms with van der Waals surface area (Å²) >= 11 is 0. The van der Waals surface area contributed by atoms with E-state index in [1.165, 1.54) is 47.8 Å². The van der Waals surface area contributed by atoms with E-state index >= 15 is 0 Å². The molecule has 1 N–H and O–H groups in total. The maximum atomic E-state index is 13.6. The van der Waals surface area contributed by atoms with Gasteiger partial charge in [0.05, 0.1) is 12.8 Å². The Hall–Kier alpha value is -2.56. The van der Waals surface area contributed by atoms with Crippen LogP contribution < -0.4 is 9.03 Å². The number of esters is 1. The number of carbonyl (C=O) groups is 1. The molecule has 1 aliphatic rings. The average Bonchev–Trinajstić information content (AvgIpc) is 2.81. The second-order valence-corrected chi connectivity index (χ2v) is 10.4. The number of likely N-dealkylation sites (tertiary alicyclic amines) is 1. The van der Waals surface area contributed by atoms with Crippen LogP contribution in [0.2, 0.25) is 0 Å². The van der Waals surface area contributed by atoms with Crippen molar-refractivity contribution in [3.8, 4) is 0 Å². The summed E-state index contributed by atoms with van der Waals surface area (Å²) in [6.07, 6.45) is 1.06. The predicted octanol–water partition coefficient (Wildman–Crippen LogP) is 3.47. The predicted molar refractivity (Wildman–Crippen MR) is 126 cm³/mol. The maximum absolute atomic E-state index is 13.6. The van der Waals surface area contributed by atoms with Gasteiger partial charge < -0.3 is 4.74 Å². The topological polar surface area (TPSA) is 78.9 Å². The maximum Gasteiger partial charge on any atom is 0.324 e. The molecule has 7 nitrogen and oxygen atoms in total. The first-order chi connectivity index (χ1) is 16.1. The van der Waals surface area contributed by atoms with Crippen molar-refractivity contribution in [1.29, 1.82) is 0 Å². The second-order valence-electron chi connectivity index (χ2n) is 8.77. The van der Waals surface area contributed by atoms with Crippen molar-refractivity contribution in [3.05, 3.63) is 65.7 Å². The molecule has 1 saturated heterocycles. The van der Waals surface area contributed by atoms with Gasteiger partial charge in [0, 0.05) is 25.7 Å². The summed E-state index contributed by atoms with van der Waals surface area (Å²) < 4.78 is 62.3. The van der Waals surface area contributed by atoms with Gasteiger partial charge in [-0.15, -0.1) is 0 Å². The van der Waals surface area contributed by atoms with Crippen molar-refractivity contribution in [2.24, 2.45) is 5.92 Å². The number of rotatable bonds is 9. The highest BCUT2D eigenvalue weighted by Gasteiger charge is 2.37. The van der Waals surface area contributed by atoms with Crippen LogP contribution in [0.4, 0.5) is 14.5 Å². The van der Waals surface area contributed by atoms with E-state index in [1.807, 2.05) is 0 Å². The van der Waals surface area contributed by atoms with Gasteiger partial charge in [-0.25, -0.2) is 8.78 Å². The molecule has 0 aromatic heterocycles. The highest BCUT2D eigenvalue weighted by molar-refractivity contribution is 7.91. The van der Waals surface area contributed by atoms with Crippen LogP contribution in [0.1, 0.15) is 32.3 Å². The minimum Gasteiger partial charge on any atom is -0.468 e. The quantitative estimate of drug-likeness (QED) is 0.539. The molecule has 3 rings (SSSR count). The van der Waals surface area contributed by atoms with E-state index in [-0.39, 0.29) is 11.7 Å². The molecule has 1 atom stereocenters. The largest absolute Gasteiger partial charge is 0.468 e. The number of hydrogen-bond donors (Lipinski definition) is 1. The van der Waals surface area contributed by atoms with Crippen molar-refractivity contribution in [3.63, 3.8) is 0 Å². The molecule has 10 heteroatoms. The Bertz CT molecular complexity index is 1050. The summed E-state index contributed by atoms with van der Waals surface area (Å²) in [6.45, 7) is 5.33. The van der Waals surface area contributed by atoms with E-state index in [4.69, 9.17) is 4.74 Å². The monoisotopic (exact) mass is 495 g/mol. The smallest absolute Gasteiger partial charge is 0.324 e. The third-order valence-corrected chi connectivity index (χ3v) is 7.52. The van der Waals surface area contributed by atoms with Crippen LogP contribution >= 0.6 is 0 Å². The van der Waals surface area contributed by atoms with Gasteiger partial charge in [-0.3, -0.25) is 14.0 Å². The molecular formula is C24H31F2N3O4S. The van der Waals surface area contributed by atoms with Crippen molar-refractivity contribution in [2.75, 3.05) is 24.5 Å². The number of anilines is 1. The fraction of sp³-hybridized carbons (Fsp3) is 0.458. The normalized spacial score (nSPS) is 16.4. The first-order valence-electron chi connectivity index (χ1n) is 11.2. The first kappa shape index (κ1) is 26.1. The van der Waals surface area contributed by atoms with Crippen LogP contribution in [0.5, 0.6) is 0 Å². The molecule has 0 spiro atoms. The van der Waals surface area contributed by atoms with Gasteiger partial charge in [-0.05, 0) is 60.7 Å². The molecule has 2 aromatic carbocycles. The van der Waals surface area contributed by atoms with Gasteiger partial charge in [-0.2, -0.15) is 13.1 Å². The summed E-state index contributed by atoms with van der Waals surface area (Å²) in [5.41, 5.74) is 1.29. The van der Waals surface area contributed by atoms with E-state index in [1.54, 1.807) is 26.0 Å². The Morgan fingerprint density at radius 2 is 1.59 bits per heavy atom. The summed E-state index contributed by atoms with van der Waals surface area (Å²) in [4.78, 5) is 14.4. The lowest BCUT2D eigenvalue weighted by atomic mass is 10.0. The molecule has 0 saturated carbocycles. The lowest BCUT2D eigenvalue weighted by molar-refractivity contribution is -0.143. The fourth-order valence-corrected chi connectivity index (χ4v) is 5.90. The summed E-state index contributed by atoms with van der Waals surface area (Å²) in [5, 5.41) is 0. The SMILES string of the molecule is COC(=O)[C@@H](NS(=O)(=O)N(c1ccc(F)cc1)C1CCN(Cc2ccc(F)cc2)CC1)C(C)C. The molecule has 0 aliphatic carbocycles. The Balaban J connectivity index is 1.80. The van der Waals surface area contributed by atoms with Crippen molar-refractivity contribution < 1.29 is 26.7 Å². The highest BCUT2D eigenvalue weighted by Crippen LogP contribution is 2.28. The van der Waals surface area contributed by atoms with Crippen LogP contribution in [0, 0.1) is 17.6 Å². The highest BCUT2D eigenvalue weighted by atomic mass is 32.2. The number of piperidine rings is 1. The molecule has 2 aromatic rings. The number of carbonyl (C=O) groups excluding carboxylic acids is 1. The van der Waals surface area contributed by atoms with Gasteiger partial charge in [0.2, 0.25) is 0 Å². The van der Waals surface area contributed by atoms with Crippen LogP contribution in [-0.4, -0.2) is 51.6 Å². The number of hydrogen-bond acceptors (Lipinski definition) is 5. The molecule has 0 bridgehead atoms. The molecule has 0 radical (unpaired) electrons. The fourth-order valence-electron chi connectivity index (χ4n) is 4.09. The lowest BCUT2D eigenvalue weighted by Gasteiger charge is -2.39. The average molecular weight is 496 g/mol. The number of halogens is 2. The Morgan fingerprint density at radius 3 is 2.09 bits per heavy atom. The minimum atomic E-state index is -4.17. The van der Waals surface area contributed by atoms with Crippen molar-refractivity contribution in [1.82, 2.24) is 9.62 Å². The standard InChI is InChI=1S/C24H31F2N3O4S/c1-17(2)23(24(30)33-3)27-34(31,32)29(21-10-8-20(26)9-11-21)22-12-14-28(15-13-22)16-18-4-6-19(25)7-5-18/h4-11,17,22-23,27H,12-16H2,1-3H3/t23-/m0/s1. The third-order valence-electron chi connectivity index (χ3n) is 5.95. The number of ether oxygens (including phenoxy) is 1. The third kappa shape index (κ3) is 6.52. The summed E-state index contributed by atoms with van der Waals surface area (Å²) in [6, 6.07) is 10.1. The zero-order valence-corrected chi connectivity index (χ0v) is 20.4. The van der Waals surface area contributed by atoms with E-state index in [0.29, 0.717) is 38.2 Å². The Kier molecular flexibility index (Phi) is 8.62. The minimum absolute atomic E-state index is 0.290. The van der Waals surface area contributed by atoms with Crippen LogP contribution in [0.15, 0.2) is 48.5 Å². The van der Waals surface area contributed by atoms with E-state index < -0.39 is 34.1 Å². The molecule has 0 unspecified atom stereocenters. The molecule has 186 valence electrons. The zero-order chi connectivity index (χ0) is 24.9. The number of benzene rings is 2. The molecule has 1 aliphatic heterocycles. The van der Waals surface area contributed by atoms with Crippen molar-refractivity contribution >= 4 is 21.9 Å². The number of nitrogens with one attached hydrogen (secondary N) is 1. The second kappa shape index (κ2) is 11.2. The Morgan fingerprint density at radius 1 is 1.06 bits per heavy atom. The summed E-state index contributed by atoms with van der Waals surface area (Å²) in [5.74, 6) is -1.78. The van der Waals surface area contributed by atoms with Crippen LogP contribution in [0.3, 0.4) is 0 Å². The van der Waals surface area contributed by atoms with E-state index in [9.17, 15) is 22.0 Å². The molecule has 1 heterocycles. The molecular weight excluding hydrogens is 464 g/mol. The van der Waals surface area contributed by atoms with Gasteiger partial charge >= 0.3 is 16.2 Å². The van der Waals surface area contributed by atoms with Gasteiger partial charge in [-0.1, -0.05) is 26.0 Å². The van der Waals surface area contributed by atoms with Crippen LogP contribution in [0.25, 0.3) is 0 Å². The lowest BCUT2D eigenvalue weighted by Crippen LogP contribution is -2.55. The molecule has 1 fully saturated rings. The van der Waals surface area contributed by atoms with Gasteiger partial charge in [0.15, 0.2) is 0 Å². The van der Waals surface area contributed by atoms with Crippen molar-refractivity contribution in [2.45, 2.75) is 45.3 Å². The van der Waals surface area contributed by atoms with E-state index in [0.717, 1.165) is 5.56 Å². The number of methoxy groups -OCH3 is 1. The number of nitrogens with zero attached hydrogens (tertiary/aromatic N) is 2. The van der Waals surface area contributed by atoms with Gasteiger partial charge in [0.25, 0.3) is 0 Å². The van der Waals surface area contributed by atoms with E-state index in [2.05, 4.69) is 9.62 Å². The zero-order valence-electron chi connectivity index (χ0n) is 19.6. The first-order valence-corrected chi connectivity index (χ1v) is 12.7. The molecule has 0 amide bonds. The summed E-state index contributed by atoms with van der Waals surface area (Å²) in [7, 11) is -2.96.